The minimum absolute atomic E-state index is 0.0153. The van der Waals surface area contributed by atoms with Gasteiger partial charge in [-0.1, -0.05) is 29.8 Å². The number of hydrogen-bond acceptors (Lipinski definition) is 7. The first-order chi connectivity index (χ1) is 16.8. The molecule has 0 amide bonds. The van der Waals surface area contributed by atoms with Crippen molar-refractivity contribution in [2.24, 2.45) is 0 Å². The maximum Gasteiger partial charge on any atom is 0.154 e. The number of rotatable bonds is 8. The Balaban J connectivity index is 1.38. The average molecular weight is 519 g/mol. The molecule has 0 unspecified atom stereocenters. The number of sulfone groups is 1. The van der Waals surface area contributed by atoms with Gasteiger partial charge in [0.1, 0.15) is 17.2 Å². The molecule has 0 spiro atoms. The van der Waals surface area contributed by atoms with Crippen molar-refractivity contribution in [3.05, 3.63) is 53.2 Å². The molecule has 0 bridgehead atoms. The summed E-state index contributed by atoms with van der Waals surface area (Å²) >= 11 is 6.46. The number of pyridine rings is 1. The van der Waals surface area contributed by atoms with Gasteiger partial charge in [-0.15, -0.1) is 5.10 Å². The predicted octanol–water partition coefficient (Wildman–Crippen LogP) is 3.73. The Hall–Kier alpha value is -2.56. The highest BCUT2D eigenvalue weighted by Gasteiger charge is 2.31. The normalized spacial score (nSPS) is 17.2. The molecule has 5 rings (SSSR count). The van der Waals surface area contributed by atoms with Gasteiger partial charge in [0.05, 0.1) is 34.6 Å². The SMILES string of the molecule is CCCS(=O)(=O)Cc1ccc(F)c(-n2cc(-c3cncc(N4CCN(C5CC5)CC4)c3)nn2)c1Cl. The number of halogens is 2. The van der Waals surface area contributed by atoms with E-state index in [2.05, 4.69) is 25.1 Å². The van der Waals surface area contributed by atoms with E-state index in [1.807, 2.05) is 12.3 Å². The van der Waals surface area contributed by atoms with Crippen LogP contribution in [0.25, 0.3) is 16.9 Å². The third-order valence-corrected chi connectivity index (χ3v) is 8.73. The van der Waals surface area contributed by atoms with Gasteiger partial charge in [-0.25, -0.2) is 17.5 Å². The first-order valence-corrected chi connectivity index (χ1v) is 14.1. The molecule has 0 radical (unpaired) electrons. The summed E-state index contributed by atoms with van der Waals surface area (Å²) in [5, 5.41) is 8.31. The van der Waals surface area contributed by atoms with Crippen LogP contribution in [0, 0.1) is 5.82 Å². The molecular weight excluding hydrogens is 491 g/mol. The van der Waals surface area contributed by atoms with Gasteiger partial charge in [-0.05, 0) is 37.0 Å². The van der Waals surface area contributed by atoms with Crippen LogP contribution in [-0.2, 0) is 15.6 Å². The molecule has 0 N–H and O–H groups in total. The second-order valence-corrected chi connectivity index (χ2v) is 11.8. The fraction of sp³-hybridized carbons (Fsp3) is 0.458. The van der Waals surface area contributed by atoms with Gasteiger partial charge in [-0.3, -0.25) is 9.88 Å². The van der Waals surface area contributed by atoms with Crippen LogP contribution in [-0.4, -0.2) is 71.3 Å². The van der Waals surface area contributed by atoms with Gasteiger partial charge in [0.2, 0.25) is 0 Å². The highest BCUT2D eigenvalue weighted by atomic mass is 35.5. The van der Waals surface area contributed by atoms with E-state index in [0.717, 1.165) is 43.5 Å². The van der Waals surface area contributed by atoms with Gasteiger partial charge in [0.25, 0.3) is 0 Å². The maximum absolute atomic E-state index is 14.8. The highest BCUT2D eigenvalue weighted by Crippen LogP contribution is 2.31. The summed E-state index contributed by atoms with van der Waals surface area (Å²) in [6.45, 7) is 5.79. The Morgan fingerprint density at radius 1 is 1.14 bits per heavy atom. The van der Waals surface area contributed by atoms with Crippen molar-refractivity contribution in [3.8, 4) is 16.9 Å². The Morgan fingerprint density at radius 3 is 2.63 bits per heavy atom. The molecule has 8 nitrogen and oxygen atoms in total. The molecule has 3 heterocycles. The standard InChI is InChI=1S/C24H28ClFN6O2S/c1-2-11-35(33,34)16-17-3-6-21(26)24(23(17)25)32-15-22(28-29-32)18-12-20(14-27-13-18)31-9-7-30(8-10-31)19-4-5-19/h3,6,12-15,19H,2,4-5,7-11,16H2,1H3. The van der Waals surface area contributed by atoms with Crippen molar-refractivity contribution in [3.63, 3.8) is 0 Å². The Labute approximate surface area is 209 Å². The zero-order valence-electron chi connectivity index (χ0n) is 19.6. The monoisotopic (exact) mass is 518 g/mol. The highest BCUT2D eigenvalue weighted by molar-refractivity contribution is 7.90. The van der Waals surface area contributed by atoms with Gasteiger partial charge in [-0.2, -0.15) is 0 Å². The van der Waals surface area contributed by atoms with E-state index in [-0.39, 0.29) is 22.2 Å². The maximum atomic E-state index is 14.8. The molecule has 0 atom stereocenters. The van der Waals surface area contributed by atoms with Crippen molar-refractivity contribution < 1.29 is 12.8 Å². The van der Waals surface area contributed by atoms with Crippen molar-refractivity contribution in [2.75, 3.05) is 36.8 Å². The number of anilines is 1. The fourth-order valence-corrected chi connectivity index (χ4v) is 6.42. The van der Waals surface area contributed by atoms with Gasteiger partial charge < -0.3 is 4.90 Å². The van der Waals surface area contributed by atoms with Crippen LogP contribution in [0.5, 0.6) is 0 Å². The predicted molar refractivity (Wildman–Crippen MR) is 134 cm³/mol. The van der Waals surface area contributed by atoms with E-state index in [9.17, 15) is 12.8 Å². The second-order valence-electron chi connectivity index (χ2n) is 9.20. The molecule has 3 aromatic rings. The average Bonchev–Trinajstić information content (AvgIpc) is 3.59. The molecule has 1 aliphatic carbocycles. The van der Waals surface area contributed by atoms with Crippen molar-refractivity contribution in [1.29, 1.82) is 0 Å². The van der Waals surface area contributed by atoms with Gasteiger partial charge >= 0.3 is 0 Å². The van der Waals surface area contributed by atoms with E-state index < -0.39 is 15.7 Å². The smallest absolute Gasteiger partial charge is 0.154 e. The molecular formula is C24H28ClFN6O2S. The number of aromatic nitrogens is 4. The lowest BCUT2D eigenvalue weighted by molar-refractivity contribution is 0.248. The van der Waals surface area contributed by atoms with E-state index in [1.54, 1.807) is 19.3 Å². The quantitative estimate of drug-likeness (QED) is 0.449. The topological polar surface area (TPSA) is 84.2 Å². The largest absolute Gasteiger partial charge is 0.368 e. The number of piperazine rings is 1. The molecule has 1 aromatic carbocycles. The summed E-state index contributed by atoms with van der Waals surface area (Å²) in [6.07, 6.45) is 8.26. The minimum Gasteiger partial charge on any atom is -0.368 e. The van der Waals surface area contributed by atoms with E-state index in [0.29, 0.717) is 17.7 Å². The van der Waals surface area contributed by atoms with Crippen LogP contribution in [0.1, 0.15) is 31.7 Å². The molecule has 11 heteroatoms. The molecule has 2 fully saturated rings. The molecule has 1 saturated carbocycles. The summed E-state index contributed by atoms with van der Waals surface area (Å²) in [5.74, 6) is -0.819. The number of nitrogens with zero attached hydrogens (tertiary/aromatic N) is 6. The lowest BCUT2D eigenvalue weighted by atomic mass is 10.2. The first kappa shape index (κ1) is 24.1. The van der Waals surface area contributed by atoms with Crippen LogP contribution in [0.3, 0.4) is 0 Å². The molecule has 35 heavy (non-hydrogen) atoms. The number of benzene rings is 1. The molecule has 2 aliphatic rings. The first-order valence-electron chi connectivity index (χ1n) is 11.9. The van der Waals surface area contributed by atoms with Crippen molar-refractivity contribution in [2.45, 2.75) is 38.0 Å². The van der Waals surface area contributed by atoms with Crippen molar-refractivity contribution in [1.82, 2.24) is 24.9 Å². The van der Waals surface area contributed by atoms with Crippen LogP contribution in [0.2, 0.25) is 5.02 Å². The third kappa shape index (κ3) is 5.34. The molecule has 1 aliphatic heterocycles. The van der Waals surface area contributed by atoms with Crippen LogP contribution >= 0.6 is 11.6 Å². The van der Waals surface area contributed by atoms with Crippen LogP contribution in [0.15, 0.2) is 36.8 Å². The summed E-state index contributed by atoms with van der Waals surface area (Å²) in [5.41, 5.74) is 2.62. The lowest BCUT2D eigenvalue weighted by Gasteiger charge is -2.36. The molecule has 1 saturated heterocycles. The number of hydrogen-bond donors (Lipinski definition) is 0. The van der Waals surface area contributed by atoms with E-state index in [4.69, 9.17) is 11.6 Å². The van der Waals surface area contributed by atoms with Gasteiger partial charge in [0, 0.05) is 44.0 Å². The zero-order chi connectivity index (χ0) is 24.6. The van der Waals surface area contributed by atoms with Crippen LogP contribution < -0.4 is 4.90 Å². The Bertz CT molecular complexity index is 1320. The third-order valence-electron chi connectivity index (χ3n) is 6.52. The Kier molecular flexibility index (Phi) is 6.78. The summed E-state index contributed by atoms with van der Waals surface area (Å²) in [6, 6.07) is 5.40. The molecule has 2 aromatic heterocycles. The van der Waals surface area contributed by atoms with E-state index in [1.165, 1.54) is 29.7 Å². The summed E-state index contributed by atoms with van der Waals surface area (Å²) in [7, 11) is -3.35. The fourth-order valence-electron chi connectivity index (χ4n) is 4.56. The lowest BCUT2D eigenvalue weighted by Crippen LogP contribution is -2.47. The summed E-state index contributed by atoms with van der Waals surface area (Å²) < 4.78 is 40.6. The van der Waals surface area contributed by atoms with Crippen LogP contribution in [0.4, 0.5) is 10.1 Å². The minimum atomic E-state index is -3.35. The Morgan fingerprint density at radius 2 is 1.91 bits per heavy atom. The van der Waals surface area contributed by atoms with E-state index >= 15 is 0 Å². The molecule has 186 valence electrons. The second kappa shape index (κ2) is 9.83. The summed E-state index contributed by atoms with van der Waals surface area (Å²) in [4.78, 5) is 9.26. The van der Waals surface area contributed by atoms with Gasteiger partial charge in [0.15, 0.2) is 9.84 Å². The van der Waals surface area contributed by atoms with Crippen molar-refractivity contribution >= 4 is 27.1 Å². The zero-order valence-corrected chi connectivity index (χ0v) is 21.1.